The SMILES string of the molecule is [CH2-]CC=CCC.[Ni]. The van der Waals surface area contributed by atoms with E-state index in [0.29, 0.717) is 0 Å². The molecule has 0 atom stereocenters. The maximum Gasteiger partial charge on any atom is 0 e. The first-order valence-corrected chi connectivity index (χ1v) is 2.36. The molecule has 0 aliphatic carbocycles. The van der Waals surface area contributed by atoms with Gasteiger partial charge >= 0.3 is 0 Å². The van der Waals surface area contributed by atoms with Crippen LogP contribution in [0.2, 0.25) is 0 Å². The van der Waals surface area contributed by atoms with E-state index in [1.165, 1.54) is 0 Å². The second-order valence-electron chi connectivity index (χ2n) is 1.17. The van der Waals surface area contributed by atoms with Crippen LogP contribution >= 0.6 is 0 Å². The first-order chi connectivity index (χ1) is 2.91. The molecule has 0 saturated carbocycles. The van der Waals surface area contributed by atoms with Crippen LogP contribution in [0.25, 0.3) is 0 Å². The second-order valence-corrected chi connectivity index (χ2v) is 1.17. The first-order valence-electron chi connectivity index (χ1n) is 2.36. The minimum atomic E-state index is 0. The molecule has 0 radical (unpaired) electrons. The third-order valence-corrected chi connectivity index (χ3v) is 0.569. The van der Waals surface area contributed by atoms with E-state index in [1.807, 2.05) is 0 Å². The molecule has 0 N–H and O–H groups in total. The molecule has 0 bridgehead atoms. The molecule has 0 amide bonds. The standard InChI is InChI=1S/C6H11.Ni/c1-3-5-6-4-2;/h5-6H,1,3-4H2,2H3;/q-1;. The second kappa shape index (κ2) is 9.53. The fourth-order valence-corrected chi connectivity index (χ4v) is 0.285. The van der Waals surface area contributed by atoms with Crippen molar-refractivity contribution in [1.29, 1.82) is 0 Å². The Bertz CT molecular complexity index is 33.4. The molecule has 0 aromatic rings. The number of hydrogen-bond acceptors (Lipinski definition) is 0. The van der Waals surface area contributed by atoms with E-state index in [0.717, 1.165) is 12.8 Å². The third kappa shape index (κ3) is 10.7. The fourth-order valence-electron chi connectivity index (χ4n) is 0.285. The zero-order valence-electron chi connectivity index (χ0n) is 4.59. The van der Waals surface area contributed by atoms with Crippen molar-refractivity contribution in [2.45, 2.75) is 19.8 Å². The molecule has 0 unspecified atom stereocenters. The van der Waals surface area contributed by atoms with E-state index in [9.17, 15) is 0 Å². The average molecular weight is 142 g/mol. The van der Waals surface area contributed by atoms with E-state index in [1.54, 1.807) is 0 Å². The molecule has 0 rings (SSSR count). The van der Waals surface area contributed by atoms with Crippen LogP contribution in [0.4, 0.5) is 0 Å². The topological polar surface area (TPSA) is 0 Å². The van der Waals surface area contributed by atoms with E-state index in [-0.39, 0.29) is 16.5 Å². The molecule has 7 heavy (non-hydrogen) atoms. The van der Waals surface area contributed by atoms with Gasteiger partial charge in [0, 0.05) is 16.5 Å². The molecular formula is C6H11Ni-. The van der Waals surface area contributed by atoms with Crippen molar-refractivity contribution in [3.05, 3.63) is 19.1 Å². The Morgan fingerprint density at radius 1 is 1.43 bits per heavy atom. The minimum absolute atomic E-state index is 0. The number of hydrogen-bond donors (Lipinski definition) is 0. The van der Waals surface area contributed by atoms with Crippen LogP contribution in [0.15, 0.2) is 12.2 Å². The molecular weight excluding hydrogens is 131 g/mol. The van der Waals surface area contributed by atoms with E-state index in [4.69, 9.17) is 0 Å². The predicted octanol–water partition coefficient (Wildman–Crippen LogP) is 2.17. The van der Waals surface area contributed by atoms with Crippen LogP contribution in [0.1, 0.15) is 19.8 Å². The Kier molecular flexibility index (Phi) is 14.0. The summed E-state index contributed by atoms with van der Waals surface area (Å²) in [6, 6.07) is 0. The summed E-state index contributed by atoms with van der Waals surface area (Å²) in [6.07, 6.45) is 6.25. The molecule has 1 heteroatoms. The predicted molar refractivity (Wildman–Crippen MR) is 29.4 cm³/mol. The monoisotopic (exact) mass is 141 g/mol. The maximum absolute atomic E-state index is 3.64. The van der Waals surface area contributed by atoms with Gasteiger partial charge in [-0.05, 0) is 6.42 Å². The van der Waals surface area contributed by atoms with E-state index in [2.05, 4.69) is 26.0 Å². The van der Waals surface area contributed by atoms with Gasteiger partial charge in [-0.1, -0.05) is 13.0 Å². The normalized spacial score (nSPS) is 8.86. The van der Waals surface area contributed by atoms with Crippen molar-refractivity contribution in [1.82, 2.24) is 0 Å². The van der Waals surface area contributed by atoms with E-state index < -0.39 is 0 Å². The summed E-state index contributed by atoms with van der Waals surface area (Å²) >= 11 is 0. The van der Waals surface area contributed by atoms with Crippen LogP contribution in [0.5, 0.6) is 0 Å². The molecule has 0 fully saturated rings. The van der Waals surface area contributed by atoms with Crippen LogP contribution in [0, 0.1) is 6.92 Å². The van der Waals surface area contributed by atoms with Crippen LogP contribution in [-0.2, 0) is 16.5 Å². The smallest absolute Gasteiger partial charge is 0 e. The van der Waals surface area contributed by atoms with Crippen molar-refractivity contribution in [2.75, 3.05) is 0 Å². The van der Waals surface area contributed by atoms with Crippen molar-refractivity contribution >= 4 is 0 Å². The Morgan fingerprint density at radius 2 is 2.00 bits per heavy atom. The van der Waals surface area contributed by atoms with Crippen molar-refractivity contribution in [2.24, 2.45) is 0 Å². The maximum atomic E-state index is 3.64. The van der Waals surface area contributed by atoms with Gasteiger partial charge in [-0.3, -0.25) is 0 Å². The summed E-state index contributed by atoms with van der Waals surface area (Å²) in [5.41, 5.74) is 0. The minimum Gasteiger partial charge on any atom is -0.340 e. The quantitative estimate of drug-likeness (QED) is 0.314. The molecule has 0 aromatic heterocycles. The van der Waals surface area contributed by atoms with Crippen molar-refractivity contribution in [3.63, 3.8) is 0 Å². The molecule has 0 heterocycles. The summed E-state index contributed by atoms with van der Waals surface area (Å²) in [5.74, 6) is 0. The Morgan fingerprint density at radius 3 is 2.14 bits per heavy atom. The van der Waals surface area contributed by atoms with Gasteiger partial charge in [-0.15, -0.1) is 6.08 Å². The number of allylic oxidation sites excluding steroid dienone is 2. The van der Waals surface area contributed by atoms with Gasteiger partial charge in [0.2, 0.25) is 0 Å². The van der Waals surface area contributed by atoms with Crippen LogP contribution < -0.4 is 0 Å². The largest absolute Gasteiger partial charge is 0.340 e. The van der Waals surface area contributed by atoms with E-state index >= 15 is 0 Å². The summed E-state index contributed by atoms with van der Waals surface area (Å²) in [4.78, 5) is 0. The molecule has 46 valence electrons. The third-order valence-electron chi connectivity index (χ3n) is 0.569. The average Bonchev–Trinajstić information content (AvgIpc) is 1.61. The zero-order valence-corrected chi connectivity index (χ0v) is 5.58. The fraction of sp³-hybridized carbons (Fsp3) is 0.500. The van der Waals surface area contributed by atoms with Gasteiger partial charge in [-0.2, -0.15) is 6.42 Å². The molecule has 0 aliphatic rings. The van der Waals surface area contributed by atoms with Crippen LogP contribution in [-0.4, -0.2) is 0 Å². The zero-order chi connectivity index (χ0) is 4.83. The Balaban J connectivity index is 0. The summed E-state index contributed by atoms with van der Waals surface area (Å²) in [6.45, 7) is 5.75. The summed E-state index contributed by atoms with van der Waals surface area (Å²) in [7, 11) is 0. The van der Waals surface area contributed by atoms with Gasteiger partial charge in [0.1, 0.15) is 0 Å². The first kappa shape index (κ1) is 10.3. The van der Waals surface area contributed by atoms with Gasteiger partial charge < -0.3 is 6.92 Å². The molecule has 0 spiro atoms. The van der Waals surface area contributed by atoms with Gasteiger partial charge in [0.05, 0.1) is 0 Å². The Labute approximate surface area is 55.9 Å². The summed E-state index contributed by atoms with van der Waals surface area (Å²) < 4.78 is 0. The van der Waals surface area contributed by atoms with Gasteiger partial charge in [0.15, 0.2) is 0 Å². The van der Waals surface area contributed by atoms with Gasteiger partial charge in [-0.25, -0.2) is 0 Å². The van der Waals surface area contributed by atoms with Crippen molar-refractivity contribution in [3.8, 4) is 0 Å². The van der Waals surface area contributed by atoms with Crippen LogP contribution in [0.3, 0.4) is 0 Å². The number of rotatable bonds is 2. The summed E-state index contributed by atoms with van der Waals surface area (Å²) in [5, 5.41) is 0. The van der Waals surface area contributed by atoms with Crippen molar-refractivity contribution < 1.29 is 16.5 Å². The Hall–Kier alpha value is 0.234. The molecule has 0 saturated heterocycles. The molecule has 0 aromatic carbocycles. The van der Waals surface area contributed by atoms with Gasteiger partial charge in [0.25, 0.3) is 0 Å². The molecule has 0 nitrogen and oxygen atoms in total. The molecule has 0 aliphatic heterocycles.